The molecule has 2 aromatic heterocycles. The first-order valence-electron chi connectivity index (χ1n) is 10.9. The van der Waals surface area contributed by atoms with Gasteiger partial charge in [-0.3, -0.25) is 14.9 Å². The van der Waals surface area contributed by atoms with Gasteiger partial charge in [-0.2, -0.15) is 0 Å². The standard InChI is InChI=1S/C26H23N3O3S/c30-24(16-20(18-8-3-1-4-9-18)19-10-5-2-6-11-19)29-14-13-21-23(17-29)33-26(27-21)28-25(31)22-12-7-15-32-22/h1-12,15,20H,13-14,16-17H2,(H,27,28,31). The lowest BCUT2D eigenvalue weighted by atomic mass is 9.88. The van der Waals surface area contributed by atoms with Crippen LogP contribution in [0.1, 0.15) is 44.6 Å². The molecule has 0 bridgehead atoms. The number of hydrogen-bond acceptors (Lipinski definition) is 5. The Morgan fingerprint density at radius 2 is 1.70 bits per heavy atom. The lowest BCUT2D eigenvalue weighted by molar-refractivity contribution is -0.132. The molecule has 166 valence electrons. The second kappa shape index (κ2) is 9.42. The number of aromatic nitrogens is 1. The molecule has 5 rings (SSSR count). The number of amides is 2. The summed E-state index contributed by atoms with van der Waals surface area (Å²) < 4.78 is 5.14. The van der Waals surface area contributed by atoms with Crippen molar-refractivity contribution in [3.8, 4) is 0 Å². The Kier molecular flexibility index (Phi) is 6.04. The molecule has 0 aliphatic carbocycles. The minimum atomic E-state index is -0.326. The van der Waals surface area contributed by atoms with Gasteiger partial charge in [0, 0.05) is 30.2 Å². The number of thiazole rings is 1. The van der Waals surface area contributed by atoms with Crippen molar-refractivity contribution in [1.82, 2.24) is 9.88 Å². The van der Waals surface area contributed by atoms with Gasteiger partial charge in [0.2, 0.25) is 5.91 Å². The van der Waals surface area contributed by atoms with Gasteiger partial charge in [0.15, 0.2) is 10.9 Å². The average molecular weight is 458 g/mol. The van der Waals surface area contributed by atoms with E-state index in [4.69, 9.17) is 4.42 Å². The Morgan fingerprint density at radius 3 is 2.33 bits per heavy atom. The van der Waals surface area contributed by atoms with Gasteiger partial charge in [-0.15, -0.1) is 0 Å². The van der Waals surface area contributed by atoms with Gasteiger partial charge in [0.1, 0.15) is 0 Å². The highest BCUT2D eigenvalue weighted by molar-refractivity contribution is 7.15. The van der Waals surface area contributed by atoms with E-state index in [1.165, 1.54) is 17.6 Å². The Hall–Kier alpha value is -3.71. The minimum Gasteiger partial charge on any atom is -0.459 e. The number of rotatable bonds is 6. The van der Waals surface area contributed by atoms with Crippen LogP contribution < -0.4 is 5.32 Å². The van der Waals surface area contributed by atoms with Crippen LogP contribution in [0.4, 0.5) is 5.13 Å². The molecule has 0 spiro atoms. The highest BCUT2D eigenvalue weighted by Gasteiger charge is 2.27. The van der Waals surface area contributed by atoms with Gasteiger partial charge in [-0.05, 0) is 23.3 Å². The van der Waals surface area contributed by atoms with Crippen molar-refractivity contribution in [2.75, 3.05) is 11.9 Å². The summed E-state index contributed by atoms with van der Waals surface area (Å²) in [7, 11) is 0. The number of furan rings is 1. The van der Waals surface area contributed by atoms with Crippen LogP contribution in [-0.4, -0.2) is 28.2 Å². The monoisotopic (exact) mass is 457 g/mol. The van der Waals surface area contributed by atoms with Gasteiger partial charge in [0.05, 0.1) is 18.5 Å². The highest BCUT2D eigenvalue weighted by Crippen LogP contribution is 2.32. The van der Waals surface area contributed by atoms with E-state index in [0.717, 1.165) is 21.7 Å². The third-order valence-electron chi connectivity index (χ3n) is 5.83. The maximum absolute atomic E-state index is 13.3. The van der Waals surface area contributed by atoms with Crippen LogP contribution in [-0.2, 0) is 17.8 Å². The molecule has 0 unspecified atom stereocenters. The zero-order valence-corrected chi connectivity index (χ0v) is 18.8. The van der Waals surface area contributed by atoms with E-state index in [1.54, 1.807) is 12.1 Å². The molecule has 2 amide bonds. The first-order chi connectivity index (χ1) is 16.2. The van der Waals surface area contributed by atoms with Crippen molar-refractivity contribution in [3.63, 3.8) is 0 Å². The van der Waals surface area contributed by atoms with Crippen molar-refractivity contribution >= 4 is 28.3 Å². The summed E-state index contributed by atoms with van der Waals surface area (Å²) in [5.41, 5.74) is 3.22. The summed E-state index contributed by atoms with van der Waals surface area (Å²) in [6.45, 7) is 1.14. The van der Waals surface area contributed by atoms with Crippen LogP contribution in [0.5, 0.6) is 0 Å². The number of anilines is 1. The van der Waals surface area contributed by atoms with E-state index < -0.39 is 0 Å². The van der Waals surface area contributed by atoms with Gasteiger partial charge in [-0.1, -0.05) is 72.0 Å². The smallest absolute Gasteiger partial charge is 0.293 e. The number of carbonyl (C=O) groups is 2. The van der Waals surface area contributed by atoms with Crippen LogP contribution in [0.25, 0.3) is 0 Å². The van der Waals surface area contributed by atoms with E-state index in [2.05, 4.69) is 34.6 Å². The van der Waals surface area contributed by atoms with Crippen LogP contribution in [0, 0.1) is 0 Å². The van der Waals surface area contributed by atoms with Gasteiger partial charge < -0.3 is 9.32 Å². The molecular weight excluding hydrogens is 434 g/mol. The number of benzene rings is 2. The molecular formula is C26H23N3O3S. The van der Waals surface area contributed by atoms with E-state index in [0.29, 0.717) is 31.1 Å². The fourth-order valence-electron chi connectivity index (χ4n) is 4.13. The lowest BCUT2D eigenvalue weighted by Crippen LogP contribution is -2.36. The van der Waals surface area contributed by atoms with Crippen molar-refractivity contribution in [1.29, 1.82) is 0 Å². The first kappa shape index (κ1) is 21.2. The Bertz CT molecular complexity index is 1200. The maximum atomic E-state index is 13.3. The van der Waals surface area contributed by atoms with Gasteiger partial charge >= 0.3 is 0 Å². The Labute approximate surface area is 195 Å². The lowest BCUT2D eigenvalue weighted by Gasteiger charge is -2.28. The van der Waals surface area contributed by atoms with E-state index >= 15 is 0 Å². The molecule has 0 fully saturated rings. The molecule has 33 heavy (non-hydrogen) atoms. The molecule has 3 heterocycles. The predicted octanol–water partition coefficient (Wildman–Crippen LogP) is 5.10. The van der Waals surface area contributed by atoms with Crippen molar-refractivity contribution in [3.05, 3.63) is 107 Å². The zero-order valence-electron chi connectivity index (χ0n) is 17.9. The number of fused-ring (bicyclic) bond motifs is 1. The molecule has 0 radical (unpaired) electrons. The number of hydrogen-bond donors (Lipinski definition) is 1. The Balaban J connectivity index is 1.29. The summed E-state index contributed by atoms with van der Waals surface area (Å²) in [5.74, 6) is 0.0410. The molecule has 2 aromatic carbocycles. The highest BCUT2D eigenvalue weighted by atomic mass is 32.1. The maximum Gasteiger partial charge on any atom is 0.293 e. The van der Waals surface area contributed by atoms with E-state index in [9.17, 15) is 9.59 Å². The van der Waals surface area contributed by atoms with E-state index in [-0.39, 0.29) is 23.5 Å². The van der Waals surface area contributed by atoms with E-state index in [1.807, 2.05) is 41.3 Å². The molecule has 0 atom stereocenters. The zero-order chi connectivity index (χ0) is 22.6. The normalized spacial score (nSPS) is 13.1. The number of nitrogens with one attached hydrogen (secondary N) is 1. The van der Waals surface area contributed by atoms with Gasteiger partial charge in [-0.25, -0.2) is 4.98 Å². The second-order valence-electron chi connectivity index (χ2n) is 7.96. The number of carbonyl (C=O) groups excluding carboxylic acids is 2. The third kappa shape index (κ3) is 4.73. The largest absolute Gasteiger partial charge is 0.459 e. The summed E-state index contributed by atoms with van der Waals surface area (Å²) in [6, 6.07) is 23.6. The summed E-state index contributed by atoms with van der Waals surface area (Å²) in [4.78, 5) is 33.1. The van der Waals surface area contributed by atoms with Gasteiger partial charge in [0.25, 0.3) is 5.91 Å². The SMILES string of the molecule is O=C(Nc1nc2c(s1)CN(C(=O)CC(c1ccccc1)c1ccccc1)CC2)c1ccco1. The first-order valence-corrected chi connectivity index (χ1v) is 11.7. The van der Waals surface area contributed by atoms with Crippen LogP contribution >= 0.6 is 11.3 Å². The van der Waals surface area contributed by atoms with Crippen molar-refractivity contribution in [2.24, 2.45) is 0 Å². The van der Waals surface area contributed by atoms with Crippen LogP contribution in [0.15, 0.2) is 83.5 Å². The van der Waals surface area contributed by atoms with Crippen LogP contribution in [0.2, 0.25) is 0 Å². The molecule has 0 saturated carbocycles. The van der Waals surface area contributed by atoms with Crippen molar-refractivity contribution in [2.45, 2.75) is 25.3 Å². The second-order valence-corrected chi connectivity index (χ2v) is 9.05. The molecule has 1 N–H and O–H groups in total. The fourth-order valence-corrected chi connectivity index (χ4v) is 5.15. The van der Waals surface area contributed by atoms with Crippen molar-refractivity contribution < 1.29 is 14.0 Å². The average Bonchev–Trinajstić information content (AvgIpc) is 3.53. The third-order valence-corrected chi connectivity index (χ3v) is 6.83. The fraction of sp³-hybridized carbons (Fsp3) is 0.192. The summed E-state index contributed by atoms with van der Waals surface area (Å²) >= 11 is 1.42. The predicted molar refractivity (Wildman–Crippen MR) is 127 cm³/mol. The quantitative estimate of drug-likeness (QED) is 0.437. The molecule has 1 aliphatic heterocycles. The minimum absolute atomic E-state index is 0.00547. The van der Waals surface area contributed by atoms with Crippen LogP contribution in [0.3, 0.4) is 0 Å². The summed E-state index contributed by atoms with van der Waals surface area (Å²) in [6.07, 6.45) is 2.54. The topological polar surface area (TPSA) is 75.4 Å². The summed E-state index contributed by atoms with van der Waals surface area (Å²) in [5, 5.41) is 3.32. The Morgan fingerprint density at radius 1 is 1.00 bits per heavy atom. The number of nitrogens with zero attached hydrogens (tertiary/aromatic N) is 2. The molecule has 4 aromatic rings. The molecule has 0 saturated heterocycles. The molecule has 7 heteroatoms. The molecule has 1 aliphatic rings. The molecule has 6 nitrogen and oxygen atoms in total.